The molecule has 10 heteroatoms. The molecule has 0 spiro atoms. The Hall–Kier alpha value is -2.33. The van der Waals surface area contributed by atoms with Crippen LogP contribution >= 0.6 is 0 Å². The fourth-order valence-electron chi connectivity index (χ4n) is 3.19. The third-order valence-corrected chi connectivity index (χ3v) is 4.80. The average molecular weight is 400 g/mol. The lowest BCUT2D eigenvalue weighted by atomic mass is 10.0. The zero-order chi connectivity index (χ0) is 20.4. The molecule has 1 aromatic rings. The van der Waals surface area contributed by atoms with Gasteiger partial charge in [0.2, 0.25) is 11.8 Å². The van der Waals surface area contributed by atoms with Gasteiger partial charge in [-0.1, -0.05) is 6.07 Å². The number of carbonyl (C=O) groups excluding carboxylic acids is 2. The lowest BCUT2D eigenvalue weighted by molar-refractivity contribution is -0.134. The van der Waals surface area contributed by atoms with Crippen LogP contribution in [0.15, 0.2) is 18.2 Å². The van der Waals surface area contributed by atoms with Crippen LogP contribution in [0.2, 0.25) is 0 Å². The van der Waals surface area contributed by atoms with Crippen LogP contribution in [0.5, 0.6) is 5.75 Å². The number of alkyl halides is 2. The van der Waals surface area contributed by atoms with E-state index in [1.54, 1.807) is 19.0 Å². The molecule has 1 aliphatic carbocycles. The second-order valence-corrected chi connectivity index (χ2v) is 7.25. The van der Waals surface area contributed by atoms with Crippen molar-refractivity contribution in [3.63, 3.8) is 0 Å². The number of amides is 2. The lowest BCUT2D eigenvalue weighted by Crippen LogP contribution is -2.65. The fourth-order valence-corrected chi connectivity index (χ4v) is 3.19. The Morgan fingerprint density at radius 3 is 2.61 bits per heavy atom. The van der Waals surface area contributed by atoms with Gasteiger partial charge in [-0.15, -0.1) is 0 Å². The third kappa shape index (κ3) is 4.93. The molecule has 1 aliphatic heterocycles. The van der Waals surface area contributed by atoms with E-state index in [0.717, 1.165) is 25.0 Å². The summed E-state index contributed by atoms with van der Waals surface area (Å²) in [6.45, 7) is -3.12. The van der Waals surface area contributed by atoms with E-state index in [1.807, 2.05) is 0 Å². The standard InChI is InChI=1S/C18H23F3N4O3/c1-25(2)18-22-12(8-14(26)23-18)16(27)24-15(9-3-4-9)10-5-6-13(11(19)7-10)28-17(20)21/h5-7,9,12,15,17-18,22H,3-4,8H2,1-2H3,(H,23,26)(H,24,27)/t12?,15-,18?/m1/s1. The SMILES string of the molecule is CN(C)C1NC(=O)CC(C(=O)N[C@@H](c2ccc(OC(F)F)c(F)c2)C2CC2)N1. The Bertz CT molecular complexity index is 743. The number of halogens is 3. The van der Waals surface area contributed by atoms with Gasteiger partial charge >= 0.3 is 6.61 Å². The Kier molecular flexibility index (Phi) is 6.09. The summed E-state index contributed by atoms with van der Waals surface area (Å²) in [5, 5.41) is 8.64. The highest BCUT2D eigenvalue weighted by Crippen LogP contribution is 2.41. The monoisotopic (exact) mass is 400 g/mol. The van der Waals surface area contributed by atoms with Gasteiger partial charge < -0.3 is 15.4 Å². The van der Waals surface area contributed by atoms with Crippen molar-refractivity contribution in [2.24, 2.45) is 5.92 Å². The van der Waals surface area contributed by atoms with Crippen molar-refractivity contribution >= 4 is 11.8 Å². The maximum atomic E-state index is 14.1. The molecule has 154 valence electrons. The average Bonchev–Trinajstić information content (AvgIpc) is 3.45. The predicted molar refractivity (Wildman–Crippen MR) is 93.8 cm³/mol. The van der Waals surface area contributed by atoms with Crippen LogP contribution in [-0.2, 0) is 9.59 Å². The Balaban J connectivity index is 1.72. The first-order valence-electron chi connectivity index (χ1n) is 9.01. The van der Waals surface area contributed by atoms with E-state index in [1.165, 1.54) is 6.07 Å². The van der Waals surface area contributed by atoms with Crippen LogP contribution in [0.3, 0.4) is 0 Å². The highest BCUT2D eigenvalue weighted by atomic mass is 19.3. The summed E-state index contributed by atoms with van der Waals surface area (Å²) in [6.07, 6.45) is 1.24. The quantitative estimate of drug-likeness (QED) is 0.643. The van der Waals surface area contributed by atoms with Crippen LogP contribution < -0.4 is 20.7 Å². The largest absolute Gasteiger partial charge is 0.432 e. The van der Waals surface area contributed by atoms with E-state index in [4.69, 9.17) is 0 Å². The number of hydrogen-bond donors (Lipinski definition) is 3. The Morgan fingerprint density at radius 1 is 1.32 bits per heavy atom. The van der Waals surface area contributed by atoms with Crippen molar-refractivity contribution < 1.29 is 27.5 Å². The molecule has 2 fully saturated rings. The van der Waals surface area contributed by atoms with E-state index in [0.29, 0.717) is 5.56 Å². The normalized spacial score (nSPS) is 23.5. The Labute approximate surface area is 160 Å². The number of nitrogens with zero attached hydrogens (tertiary/aromatic N) is 1. The minimum Gasteiger partial charge on any atom is -0.432 e. The van der Waals surface area contributed by atoms with Crippen molar-refractivity contribution in [1.82, 2.24) is 20.9 Å². The van der Waals surface area contributed by atoms with Crippen molar-refractivity contribution in [3.05, 3.63) is 29.6 Å². The molecule has 0 radical (unpaired) electrons. The second-order valence-electron chi connectivity index (χ2n) is 7.25. The molecule has 3 rings (SSSR count). The topological polar surface area (TPSA) is 82.7 Å². The predicted octanol–water partition coefficient (Wildman–Crippen LogP) is 1.32. The number of carbonyl (C=O) groups is 2. The Morgan fingerprint density at radius 2 is 2.04 bits per heavy atom. The zero-order valence-corrected chi connectivity index (χ0v) is 15.5. The summed E-state index contributed by atoms with van der Waals surface area (Å²) >= 11 is 0. The summed E-state index contributed by atoms with van der Waals surface area (Å²) in [5.74, 6) is -1.95. The number of rotatable bonds is 7. The summed E-state index contributed by atoms with van der Waals surface area (Å²) in [7, 11) is 3.52. The summed E-state index contributed by atoms with van der Waals surface area (Å²) in [6, 6.07) is 2.51. The van der Waals surface area contributed by atoms with Crippen LogP contribution in [0.1, 0.15) is 30.9 Å². The van der Waals surface area contributed by atoms with Gasteiger partial charge in [0.15, 0.2) is 11.6 Å². The first kappa shape index (κ1) is 20.4. The number of benzene rings is 1. The van der Waals surface area contributed by atoms with Gasteiger partial charge in [0.1, 0.15) is 6.29 Å². The first-order valence-corrected chi connectivity index (χ1v) is 9.01. The van der Waals surface area contributed by atoms with Gasteiger partial charge in [0, 0.05) is 0 Å². The summed E-state index contributed by atoms with van der Waals surface area (Å²) < 4.78 is 42.8. The molecule has 28 heavy (non-hydrogen) atoms. The summed E-state index contributed by atoms with van der Waals surface area (Å²) in [5.41, 5.74) is 0.472. The van der Waals surface area contributed by atoms with E-state index < -0.39 is 36.6 Å². The van der Waals surface area contributed by atoms with Gasteiger partial charge in [0.05, 0.1) is 18.5 Å². The maximum Gasteiger partial charge on any atom is 0.387 e. The zero-order valence-electron chi connectivity index (χ0n) is 15.5. The molecule has 2 amide bonds. The minimum atomic E-state index is -3.12. The molecule has 3 N–H and O–H groups in total. The minimum absolute atomic E-state index is 0.0108. The molecule has 0 aromatic heterocycles. The van der Waals surface area contributed by atoms with Crippen LogP contribution in [0.25, 0.3) is 0 Å². The molecule has 1 heterocycles. The van der Waals surface area contributed by atoms with E-state index in [-0.39, 0.29) is 24.2 Å². The van der Waals surface area contributed by atoms with Gasteiger partial charge in [-0.05, 0) is 50.6 Å². The van der Waals surface area contributed by atoms with Crippen molar-refractivity contribution in [2.45, 2.75) is 44.2 Å². The van der Waals surface area contributed by atoms with Gasteiger partial charge in [-0.2, -0.15) is 8.78 Å². The number of nitrogens with one attached hydrogen (secondary N) is 3. The fraction of sp³-hybridized carbons (Fsp3) is 0.556. The van der Waals surface area contributed by atoms with E-state index in [9.17, 15) is 22.8 Å². The molecular formula is C18H23F3N4O3. The molecule has 1 saturated heterocycles. The smallest absolute Gasteiger partial charge is 0.387 e. The number of ether oxygens (including phenoxy) is 1. The molecule has 7 nitrogen and oxygen atoms in total. The van der Waals surface area contributed by atoms with Crippen molar-refractivity contribution in [1.29, 1.82) is 0 Å². The summed E-state index contributed by atoms with van der Waals surface area (Å²) in [4.78, 5) is 26.3. The van der Waals surface area contributed by atoms with Gasteiger partial charge in [0.25, 0.3) is 0 Å². The first-order chi connectivity index (χ1) is 13.2. The molecular weight excluding hydrogens is 377 g/mol. The van der Waals surface area contributed by atoms with Crippen molar-refractivity contribution in [2.75, 3.05) is 14.1 Å². The van der Waals surface area contributed by atoms with E-state index >= 15 is 0 Å². The highest BCUT2D eigenvalue weighted by molar-refractivity contribution is 5.89. The van der Waals surface area contributed by atoms with Gasteiger partial charge in [-0.25, -0.2) is 4.39 Å². The molecule has 2 unspecified atom stereocenters. The van der Waals surface area contributed by atoms with Crippen LogP contribution in [0, 0.1) is 11.7 Å². The van der Waals surface area contributed by atoms with Gasteiger partial charge in [-0.3, -0.25) is 19.8 Å². The number of hydrogen-bond acceptors (Lipinski definition) is 5. The lowest BCUT2D eigenvalue weighted by Gasteiger charge is -2.35. The molecule has 0 bridgehead atoms. The second kappa shape index (κ2) is 8.36. The van der Waals surface area contributed by atoms with Crippen LogP contribution in [-0.4, -0.2) is 49.8 Å². The maximum absolute atomic E-state index is 14.1. The highest BCUT2D eigenvalue weighted by Gasteiger charge is 2.37. The third-order valence-electron chi connectivity index (χ3n) is 4.80. The molecule has 1 saturated carbocycles. The van der Waals surface area contributed by atoms with Crippen LogP contribution in [0.4, 0.5) is 13.2 Å². The molecule has 3 atom stereocenters. The molecule has 2 aliphatic rings. The van der Waals surface area contributed by atoms with Crippen molar-refractivity contribution in [3.8, 4) is 5.75 Å². The van der Waals surface area contributed by atoms with E-state index in [2.05, 4.69) is 20.7 Å². The molecule has 1 aromatic carbocycles.